The molecule has 128 valence electrons. The van der Waals surface area contributed by atoms with Gasteiger partial charge in [0.1, 0.15) is 5.75 Å². The van der Waals surface area contributed by atoms with Crippen molar-refractivity contribution in [3.63, 3.8) is 0 Å². The zero-order chi connectivity index (χ0) is 17.0. The minimum absolute atomic E-state index is 0.0524. The number of phenolic OH excluding ortho intramolecular Hbond substituents is 1. The van der Waals surface area contributed by atoms with Gasteiger partial charge in [-0.3, -0.25) is 4.79 Å². The van der Waals surface area contributed by atoms with Crippen LogP contribution in [0.25, 0.3) is 0 Å². The molecule has 1 aliphatic heterocycles. The van der Waals surface area contributed by atoms with Crippen molar-refractivity contribution < 1.29 is 15.0 Å². The molecule has 0 aliphatic carbocycles. The van der Waals surface area contributed by atoms with E-state index >= 15 is 0 Å². The third-order valence-corrected chi connectivity index (χ3v) is 4.76. The highest BCUT2D eigenvalue weighted by molar-refractivity contribution is 5.97. The third kappa shape index (κ3) is 4.24. The molecule has 5 nitrogen and oxygen atoms in total. The number of nitrogens with zero attached hydrogens (tertiary/aromatic N) is 2. The van der Waals surface area contributed by atoms with Crippen LogP contribution < -0.4 is 0 Å². The van der Waals surface area contributed by atoms with E-state index in [9.17, 15) is 9.90 Å². The molecule has 0 radical (unpaired) electrons. The van der Waals surface area contributed by atoms with E-state index in [0.29, 0.717) is 30.6 Å². The zero-order valence-corrected chi connectivity index (χ0v) is 14.3. The molecule has 2 atom stereocenters. The number of amides is 1. The van der Waals surface area contributed by atoms with Gasteiger partial charge in [-0.1, -0.05) is 6.07 Å². The lowest BCUT2D eigenvalue weighted by atomic mass is 9.87. The predicted octanol–water partition coefficient (Wildman–Crippen LogP) is 1.87. The Bertz CT molecular complexity index is 545. The lowest BCUT2D eigenvalue weighted by molar-refractivity contribution is 0.0493. The van der Waals surface area contributed by atoms with E-state index in [1.807, 2.05) is 17.9 Å². The summed E-state index contributed by atoms with van der Waals surface area (Å²) in [4.78, 5) is 16.8. The van der Waals surface area contributed by atoms with Crippen molar-refractivity contribution in [1.82, 2.24) is 9.80 Å². The van der Waals surface area contributed by atoms with Crippen molar-refractivity contribution in [1.29, 1.82) is 0 Å². The Morgan fingerprint density at radius 2 is 2.13 bits per heavy atom. The van der Waals surface area contributed by atoms with Crippen molar-refractivity contribution in [3.8, 4) is 5.75 Å². The molecular weight excluding hydrogens is 292 g/mol. The summed E-state index contributed by atoms with van der Waals surface area (Å²) in [5.74, 6) is 0.299. The van der Waals surface area contributed by atoms with E-state index in [-0.39, 0.29) is 18.3 Å². The molecule has 0 saturated carbocycles. The smallest absolute Gasteiger partial charge is 0.257 e. The second kappa shape index (κ2) is 7.79. The number of benzene rings is 1. The zero-order valence-electron chi connectivity index (χ0n) is 14.3. The lowest BCUT2D eigenvalue weighted by Gasteiger charge is -2.41. The minimum Gasteiger partial charge on any atom is -0.507 e. The minimum atomic E-state index is -0.103. The number of carbonyl (C=O) groups excluding carboxylic acids is 1. The molecule has 0 bridgehead atoms. The number of aliphatic hydroxyl groups excluding tert-OH is 1. The van der Waals surface area contributed by atoms with E-state index in [2.05, 4.69) is 19.0 Å². The predicted molar refractivity (Wildman–Crippen MR) is 90.6 cm³/mol. The summed E-state index contributed by atoms with van der Waals surface area (Å²) >= 11 is 0. The van der Waals surface area contributed by atoms with Crippen LogP contribution >= 0.6 is 0 Å². The summed E-state index contributed by atoms with van der Waals surface area (Å²) < 4.78 is 0. The van der Waals surface area contributed by atoms with Crippen LogP contribution in [0.5, 0.6) is 5.75 Å². The van der Waals surface area contributed by atoms with Crippen LogP contribution in [0.4, 0.5) is 0 Å². The normalized spacial score (nSPS) is 21.7. The van der Waals surface area contributed by atoms with E-state index in [4.69, 9.17) is 5.11 Å². The quantitative estimate of drug-likeness (QED) is 0.869. The first kappa shape index (κ1) is 17.8. The van der Waals surface area contributed by atoms with Gasteiger partial charge in [-0.15, -0.1) is 0 Å². The Labute approximate surface area is 138 Å². The molecule has 0 aromatic heterocycles. The number of aromatic hydroxyl groups is 1. The molecule has 23 heavy (non-hydrogen) atoms. The van der Waals surface area contributed by atoms with Crippen LogP contribution in [0.1, 0.15) is 35.2 Å². The molecule has 1 fully saturated rings. The Morgan fingerprint density at radius 3 is 2.74 bits per heavy atom. The van der Waals surface area contributed by atoms with Gasteiger partial charge >= 0.3 is 0 Å². The Hall–Kier alpha value is -1.59. The molecule has 1 amide bonds. The van der Waals surface area contributed by atoms with E-state index in [0.717, 1.165) is 24.8 Å². The van der Waals surface area contributed by atoms with Crippen LogP contribution in [-0.4, -0.2) is 65.8 Å². The van der Waals surface area contributed by atoms with Crippen molar-refractivity contribution >= 4 is 5.91 Å². The van der Waals surface area contributed by atoms with Crippen LogP contribution in [0.15, 0.2) is 18.2 Å². The van der Waals surface area contributed by atoms with Crippen LogP contribution in [0.3, 0.4) is 0 Å². The SMILES string of the molecule is Cc1ccc(C(=O)N2CC[C@H](N(C)C)[C@H](CCCO)C2)c(O)c1. The number of hydrogen-bond acceptors (Lipinski definition) is 4. The molecule has 5 heteroatoms. The molecule has 2 N–H and O–H groups in total. The highest BCUT2D eigenvalue weighted by Crippen LogP contribution is 2.28. The maximum atomic E-state index is 12.7. The van der Waals surface area contributed by atoms with Crippen molar-refractivity contribution in [2.75, 3.05) is 33.8 Å². The number of hydrogen-bond donors (Lipinski definition) is 2. The summed E-state index contributed by atoms with van der Waals surface area (Å²) in [5.41, 5.74) is 1.31. The highest BCUT2D eigenvalue weighted by Gasteiger charge is 2.33. The largest absolute Gasteiger partial charge is 0.507 e. The molecule has 2 rings (SSSR count). The van der Waals surface area contributed by atoms with Gasteiger partial charge in [-0.25, -0.2) is 0 Å². The molecule has 1 aliphatic rings. The van der Waals surface area contributed by atoms with E-state index < -0.39 is 0 Å². The number of aliphatic hydroxyl groups is 1. The number of piperidine rings is 1. The average Bonchev–Trinajstić information content (AvgIpc) is 2.51. The van der Waals surface area contributed by atoms with Crippen molar-refractivity contribution in [3.05, 3.63) is 29.3 Å². The Morgan fingerprint density at radius 1 is 1.39 bits per heavy atom. The third-order valence-electron chi connectivity index (χ3n) is 4.76. The average molecular weight is 320 g/mol. The summed E-state index contributed by atoms with van der Waals surface area (Å²) in [5, 5.41) is 19.2. The summed E-state index contributed by atoms with van der Waals surface area (Å²) in [6.45, 7) is 3.45. The topological polar surface area (TPSA) is 64.0 Å². The maximum Gasteiger partial charge on any atom is 0.257 e. The summed E-state index contributed by atoms with van der Waals surface area (Å²) in [6.07, 6.45) is 2.58. The van der Waals surface area contributed by atoms with E-state index in [1.54, 1.807) is 12.1 Å². The number of rotatable bonds is 5. The number of carbonyl (C=O) groups is 1. The fourth-order valence-corrected chi connectivity index (χ4v) is 3.51. The summed E-state index contributed by atoms with van der Waals surface area (Å²) in [6, 6.07) is 5.61. The standard InChI is InChI=1S/C18H28N2O3/c1-13-6-7-15(17(22)11-13)18(23)20-9-8-16(19(2)3)14(12-20)5-4-10-21/h6-7,11,14,16,21-22H,4-5,8-10,12H2,1-3H3/t14-,16+/m1/s1. The number of likely N-dealkylation sites (tertiary alicyclic amines) is 1. The molecule has 1 aromatic carbocycles. The van der Waals surface area contributed by atoms with Gasteiger partial charge in [-0.2, -0.15) is 0 Å². The van der Waals surface area contributed by atoms with E-state index in [1.165, 1.54) is 0 Å². The maximum absolute atomic E-state index is 12.7. The Balaban J connectivity index is 2.12. The molecule has 0 spiro atoms. The first-order chi connectivity index (χ1) is 10.9. The molecule has 1 saturated heterocycles. The van der Waals surface area contributed by atoms with Gasteiger partial charge in [0.25, 0.3) is 5.91 Å². The first-order valence-corrected chi connectivity index (χ1v) is 8.30. The highest BCUT2D eigenvalue weighted by atomic mass is 16.3. The number of aryl methyl sites for hydroxylation is 1. The molecular formula is C18H28N2O3. The fraction of sp³-hybridized carbons (Fsp3) is 0.611. The van der Waals surface area contributed by atoms with Gasteiger partial charge in [-0.05, 0) is 63.9 Å². The second-order valence-corrected chi connectivity index (χ2v) is 6.72. The van der Waals surface area contributed by atoms with Crippen molar-refractivity contribution in [2.45, 2.75) is 32.2 Å². The fourth-order valence-electron chi connectivity index (χ4n) is 3.51. The van der Waals surface area contributed by atoms with Gasteiger partial charge < -0.3 is 20.0 Å². The second-order valence-electron chi connectivity index (χ2n) is 6.72. The van der Waals surface area contributed by atoms with Gasteiger partial charge in [0.2, 0.25) is 0 Å². The lowest BCUT2D eigenvalue weighted by Crippen LogP contribution is -2.50. The van der Waals surface area contributed by atoms with Gasteiger partial charge in [0, 0.05) is 25.7 Å². The first-order valence-electron chi connectivity index (χ1n) is 8.30. The summed E-state index contributed by atoms with van der Waals surface area (Å²) in [7, 11) is 4.14. The van der Waals surface area contributed by atoms with Crippen LogP contribution in [0.2, 0.25) is 0 Å². The monoisotopic (exact) mass is 320 g/mol. The van der Waals surface area contributed by atoms with Crippen LogP contribution in [-0.2, 0) is 0 Å². The van der Waals surface area contributed by atoms with Gasteiger partial charge in [0.15, 0.2) is 0 Å². The Kier molecular flexibility index (Phi) is 6.02. The van der Waals surface area contributed by atoms with Gasteiger partial charge in [0.05, 0.1) is 5.56 Å². The molecule has 0 unspecified atom stereocenters. The van der Waals surface area contributed by atoms with Crippen LogP contribution in [0, 0.1) is 12.8 Å². The molecule has 1 aromatic rings. The van der Waals surface area contributed by atoms with Crippen molar-refractivity contribution in [2.24, 2.45) is 5.92 Å². The molecule has 1 heterocycles. The number of phenols is 1.